The molecule has 0 saturated carbocycles. The molecule has 0 atom stereocenters. The summed E-state index contributed by atoms with van der Waals surface area (Å²) in [6.07, 6.45) is 0.750. The summed E-state index contributed by atoms with van der Waals surface area (Å²) in [5.74, 6) is 0. The van der Waals surface area contributed by atoms with E-state index in [1.165, 1.54) is 4.90 Å². The lowest BCUT2D eigenvalue weighted by molar-refractivity contribution is -0.869. The summed E-state index contributed by atoms with van der Waals surface area (Å²) in [6.45, 7) is 2.47. The van der Waals surface area contributed by atoms with Crippen LogP contribution in [-0.4, -0.2) is 63.4 Å². The Hall–Kier alpha value is -0.650. The Morgan fingerprint density at radius 1 is 1.38 bits per heavy atom. The standard InChI is InChI=1S/C5H11NO2.C3H7NO/c1-6(7)2-4-8-5-3-6;1-4(2)3-5/h2-5H2,1H3;3H,1-2H3. The van der Waals surface area contributed by atoms with Crippen LogP contribution in [0, 0.1) is 5.21 Å². The number of likely N-dealkylation sites (N-methyl/N-ethyl adjacent to an activating group) is 1. The Labute approximate surface area is 79.0 Å². The van der Waals surface area contributed by atoms with E-state index in [9.17, 15) is 10.0 Å². The molecule has 0 spiro atoms. The Morgan fingerprint density at radius 3 is 1.92 bits per heavy atom. The van der Waals surface area contributed by atoms with Crippen molar-refractivity contribution in [3.05, 3.63) is 5.21 Å². The van der Waals surface area contributed by atoms with Gasteiger partial charge in [-0.05, 0) is 0 Å². The highest BCUT2D eigenvalue weighted by Crippen LogP contribution is 2.02. The zero-order valence-electron chi connectivity index (χ0n) is 8.52. The Bertz CT molecular complexity index is 140. The smallest absolute Gasteiger partial charge is 0.209 e. The second kappa shape index (κ2) is 5.90. The summed E-state index contributed by atoms with van der Waals surface area (Å²) in [5.41, 5.74) is 0. The van der Waals surface area contributed by atoms with Crippen molar-refractivity contribution in [3.63, 3.8) is 0 Å². The number of nitrogens with zero attached hydrogens (tertiary/aromatic N) is 2. The van der Waals surface area contributed by atoms with Crippen molar-refractivity contribution in [2.75, 3.05) is 47.4 Å². The molecule has 0 aromatic carbocycles. The summed E-state index contributed by atoms with van der Waals surface area (Å²) in [5, 5.41) is 11.0. The SMILES string of the molecule is CN(C)C=O.C[N+]1([O-])CCOCC1. The largest absolute Gasteiger partial charge is 0.633 e. The second-order valence-electron chi connectivity index (χ2n) is 3.43. The minimum atomic E-state index is -0.125. The minimum absolute atomic E-state index is 0.125. The van der Waals surface area contributed by atoms with Gasteiger partial charge in [0.2, 0.25) is 6.41 Å². The zero-order valence-corrected chi connectivity index (χ0v) is 8.52. The number of carbonyl (C=O) groups is 1. The van der Waals surface area contributed by atoms with Crippen LogP contribution in [0.15, 0.2) is 0 Å². The first-order valence-corrected chi connectivity index (χ1v) is 4.23. The first kappa shape index (κ1) is 12.3. The number of amides is 1. The molecule has 0 bridgehead atoms. The zero-order chi connectivity index (χ0) is 10.3. The maximum Gasteiger partial charge on any atom is 0.209 e. The monoisotopic (exact) mass is 190 g/mol. The third-order valence-electron chi connectivity index (χ3n) is 1.63. The summed E-state index contributed by atoms with van der Waals surface area (Å²) >= 11 is 0. The molecule has 0 aromatic heterocycles. The van der Waals surface area contributed by atoms with Crippen LogP contribution >= 0.6 is 0 Å². The first-order valence-electron chi connectivity index (χ1n) is 4.23. The predicted octanol–water partition coefficient (Wildman–Crippen LogP) is -0.335. The van der Waals surface area contributed by atoms with Crippen molar-refractivity contribution in [2.24, 2.45) is 0 Å². The van der Waals surface area contributed by atoms with Crippen LogP contribution in [-0.2, 0) is 9.53 Å². The van der Waals surface area contributed by atoms with Crippen LogP contribution in [0.1, 0.15) is 0 Å². The Balaban J connectivity index is 0.000000252. The summed E-state index contributed by atoms with van der Waals surface area (Å²) < 4.78 is 4.86. The van der Waals surface area contributed by atoms with Gasteiger partial charge in [-0.2, -0.15) is 0 Å². The van der Waals surface area contributed by atoms with Gasteiger partial charge in [0.05, 0.1) is 20.3 Å². The molecule has 0 radical (unpaired) electrons. The molecule has 5 heteroatoms. The Kier molecular flexibility index (Phi) is 5.61. The van der Waals surface area contributed by atoms with Crippen molar-refractivity contribution in [3.8, 4) is 0 Å². The number of morpholine rings is 1. The lowest BCUT2D eigenvalue weighted by Crippen LogP contribution is -2.46. The van der Waals surface area contributed by atoms with Gasteiger partial charge in [0.1, 0.15) is 13.1 Å². The van der Waals surface area contributed by atoms with E-state index in [2.05, 4.69) is 0 Å². The van der Waals surface area contributed by atoms with Crippen LogP contribution in [0.25, 0.3) is 0 Å². The molecule has 1 amide bonds. The molecule has 78 valence electrons. The fourth-order valence-corrected chi connectivity index (χ4v) is 0.729. The molecule has 0 N–H and O–H groups in total. The van der Waals surface area contributed by atoms with E-state index in [0.717, 1.165) is 6.41 Å². The van der Waals surface area contributed by atoms with Gasteiger partial charge in [0, 0.05) is 14.1 Å². The highest BCUT2D eigenvalue weighted by molar-refractivity contribution is 5.45. The third-order valence-corrected chi connectivity index (χ3v) is 1.63. The van der Waals surface area contributed by atoms with Gasteiger partial charge in [-0.1, -0.05) is 0 Å². The molecular weight excluding hydrogens is 172 g/mol. The lowest BCUT2D eigenvalue weighted by Gasteiger charge is -2.41. The van der Waals surface area contributed by atoms with E-state index in [1.54, 1.807) is 21.1 Å². The minimum Gasteiger partial charge on any atom is -0.633 e. The molecule has 1 saturated heterocycles. The molecule has 1 heterocycles. The number of ether oxygens (including phenoxy) is 1. The highest BCUT2D eigenvalue weighted by Gasteiger charge is 2.13. The van der Waals surface area contributed by atoms with Crippen molar-refractivity contribution >= 4 is 6.41 Å². The maximum atomic E-state index is 11.0. The number of hydrogen-bond donors (Lipinski definition) is 0. The fourth-order valence-electron chi connectivity index (χ4n) is 0.729. The van der Waals surface area contributed by atoms with Gasteiger partial charge in [0.25, 0.3) is 0 Å². The van der Waals surface area contributed by atoms with Crippen molar-refractivity contribution < 1.29 is 14.2 Å². The number of quaternary nitrogens is 1. The summed E-state index contributed by atoms with van der Waals surface area (Å²) in [4.78, 5) is 10.9. The lowest BCUT2D eigenvalue weighted by atomic mass is 10.4. The number of carbonyl (C=O) groups excluding carboxylic acids is 1. The number of hydroxylamine groups is 3. The molecule has 1 fully saturated rings. The number of hydrogen-bond acceptors (Lipinski definition) is 3. The van der Waals surface area contributed by atoms with Gasteiger partial charge in [-0.25, -0.2) is 0 Å². The van der Waals surface area contributed by atoms with E-state index in [1.807, 2.05) is 0 Å². The van der Waals surface area contributed by atoms with Gasteiger partial charge >= 0.3 is 0 Å². The first-order chi connectivity index (χ1) is 5.98. The average molecular weight is 190 g/mol. The molecular formula is C8H18N2O3. The summed E-state index contributed by atoms with van der Waals surface area (Å²) in [7, 11) is 5.06. The van der Waals surface area contributed by atoms with Crippen LogP contribution in [0.4, 0.5) is 0 Å². The van der Waals surface area contributed by atoms with Crippen LogP contribution in [0.3, 0.4) is 0 Å². The average Bonchev–Trinajstić information content (AvgIpc) is 2.05. The van der Waals surface area contributed by atoms with E-state index < -0.39 is 0 Å². The van der Waals surface area contributed by atoms with Crippen LogP contribution in [0.2, 0.25) is 0 Å². The quantitative estimate of drug-likeness (QED) is 0.323. The van der Waals surface area contributed by atoms with Gasteiger partial charge < -0.3 is 19.5 Å². The molecule has 13 heavy (non-hydrogen) atoms. The predicted molar refractivity (Wildman–Crippen MR) is 49.9 cm³/mol. The van der Waals surface area contributed by atoms with Crippen molar-refractivity contribution in [1.29, 1.82) is 0 Å². The number of rotatable bonds is 1. The Morgan fingerprint density at radius 2 is 1.77 bits per heavy atom. The van der Waals surface area contributed by atoms with E-state index in [4.69, 9.17) is 4.74 Å². The van der Waals surface area contributed by atoms with Gasteiger partial charge in [-0.15, -0.1) is 0 Å². The molecule has 0 aromatic rings. The molecule has 1 aliphatic heterocycles. The van der Waals surface area contributed by atoms with E-state index in [-0.39, 0.29) is 4.65 Å². The fraction of sp³-hybridized carbons (Fsp3) is 0.875. The summed E-state index contributed by atoms with van der Waals surface area (Å²) in [6, 6.07) is 0. The normalized spacial score (nSPS) is 19.7. The van der Waals surface area contributed by atoms with Crippen molar-refractivity contribution in [1.82, 2.24) is 4.90 Å². The second-order valence-corrected chi connectivity index (χ2v) is 3.43. The highest BCUT2D eigenvalue weighted by atomic mass is 16.6. The maximum absolute atomic E-state index is 11.0. The van der Waals surface area contributed by atoms with Crippen LogP contribution < -0.4 is 0 Å². The third kappa shape index (κ3) is 7.70. The topological polar surface area (TPSA) is 52.6 Å². The molecule has 5 nitrogen and oxygen atoms in total. The molecule has 0 unspecified atom stereocenters. The van der Waals surface area contributed by atoms with Crippen LogP contribution in [0.5, 0.6) is 0 Å². The van der Waals surface area contributed by atoms with E-state index >= 15 is 0 Å². The van der Waals surface area contributed by atoms with Crippen molar-refractivity contribution in [2.45, 2.75) is 0 Å². The van der Waals surface area contributed by atoms with Gasteiger partial charge in [-0.3, -0.25) is 4.79 Å². The molecule has 1 aliphatic rings. The molecule has 1 rings (SSSR count). The van der Waals surface area contributed by atoms with E-state index in [0.29, 0.717) is 26.3 Å². The van der Waals surface area contributed by atoms with Gasteiger partial charge in [0.15, 0.2) is 0 Å². The molecule has 0 aliphatic carbocycles.